The molecule has 0 unspecified atom stereocenters. The minimum Gasteiger partial charge on any atom is -0.475 e. The largest absolute Gasteiger partial charge is 0.475 e. The molecule has 0 radical (unpaired) electrons. The van der Waals surface area contributed by atoms with Crippen molar-refractivity contribution < 1.29 is 14.3 Å². The highest BCUT2D eigenvalue weighted by Crippen LogP contribution is 2.23. The van der Waals surface area contributed by atoms with Crippen molar-refractivity contribution in [3.63, 3.8) is 0 Å². The van der Waals surface area contributed by atoms with Crippen molar-refractivity contribution in [1.82, 2.24) is 15.0 Å². The topological polar surface area (TPSA) is 89.1 Å². The van der Waals surface area contributed by atoms with Crippen molar-refractivity contribution in [3.05, 3.63) is 78.0 Å². The molecule has 31 heavy (non-hydrogen) atoms. The van der Waals surface area contributed by atoms with Crippen LogP contribution in [0.25, 0.3) is 11.0 Å². The molecular formula is C23H22N4O3S. The van der Waals surface area contributed by atoms with Crippen molar-refractivity contribution in [2.45, 2.75) is 10.9 Å². The van der Waals surface area contributed by atoms with E-state index in [-0.39, 0.29) is 5.91 Å². The van der Waals surface area contributed by atoms with E-state index in [1.165, 1.54) is 0 Å². The van der Waals surface area contributed by atoms with Gasteiger partial charge in [0.1, 0.15) is 6.61 Å². The highest BCUT2D eigenvalue weighted by Gasteiger charge is 2.08. The third-order valence-electron chi connectivity index (χ3n) is 4.49. The first-order valence-electron chi connectivity index (χ1n) is 9.77. The molecular weight excluding hydrogens is 412 g/mol. The van der Waals surface area contributed by atoms with Crippen LogP contribution in [-0.2, 0) is 10.5 Å². The zero-order valence-electron chi connectivity index (χ0n) is 17.0. The number of hydrogen-bond donors (Lipinski definition) is 2. The second-order valence-corrected chi connectivity index (χ2v) is 7.69. The zero-order chi connectivity index (χ0) is 21.5. The molecule has 158 valence electrons. The quantitative estimate of drug-likeness (QED) is 0.297. The Labute approximate surface area is 184 Å². The molecule has 8 heteroatoms. The number of aromatic amines is 1. The van der Waals surface area contributed by atoms with Crippen LogP contribution in [0.2, 0.25) is 0 Å². The fourth-order valence-electron chi connectivity index (χ4n) is 2.87. The molecule has 0 fully saturated rings. The van der Waals surface area contributed by atoms with E-state index in [1.54, 1.807) is 37.2 Å². The Morgan fingerprint density at radius 2 is 1.90 bits per heavy atom. The molecule has 7 nitrogen and oxygen atoms in total. The van der Waals surface area contributed by atoms with Crippen molar-refractivity contribution in [2.24, 2.45) is 0 Å². The SMILES string of the molecule is COCCOc1ccc(NC(=O)c2ccc(CSc3nc4ccccc4[nH]3)cc2)cn1. The molecule has 2 aromatic heterocycles. The Bertz CT molecular complexity index is 1110. The Kier molecular flexibility index (Phi) is 6.81. The van der Waals surface area contributed by atoms with Crippen molar-refractivity contribution in [1.29, 1.82) is 0 Å². The van der Waals surface area contributed by atoms with Crippen LogP contribution in [0.3, 0.4) is 0 Å². The summed E-state index contributed by atoms with van der Waals surface area (Å²) in [6, 6.07) is 19.0. The number of thioether (sulfide) groups is 1. The number of aromatic nitrogens is 3. The minimum absolute atomic E-state index is 0.189. The van der Waals surface area contributed by atoms with Crippen LogP contribution in [0.15, 0.2) is 72.0 Å². The second kappa shape index (κ2) is 10.1. The molecule has 0 aliphatic heterocycles. The first-order valence-corrected chi connectivity index (χ1v) is 10.8. The van der Waals surface area contributed by atoms with Crippen LogP contribution in [0.5, 0.6) is 5.88 Å². The third-order valence-corrected chi connectivity index (χ3v) is 5.44. The summed E-state index contributed by atoms with van der Waals surface area (Å²) in [6.07, 6.45) is 1.57. The number of H-pyrrole nitrogens is 1. The van der Waals surface area contributed by atoms with Crippen LogP contribution < -0.4 is 10.1 Å². The van der Waals surface area contributed by atoms with E-state index in [1.807, 2.05) is 48.5 Å². The predicted molar refractivity (Wildman–Crippen MR) is 122 cm³/mol. The fraction of sp³-hybridized carbons (Fsp3) is 0.174. The number of hydrogen-bond acceptors (Lipinski definition) is 6. The lowest BCUT2D eigenvalue weighted by Crippen LogP contribution is -2.12. The lowest BCUT2D eigenvalue weighted by molar-refractivity contribution is 0.102. The summed E-state index contributed by atoms with van der Waals surface area (Å²) < 4.78 is 10.4. The highest BCUT2D eigenvalue weighted by molar-refractivity contribution is 7.98. The van der Waals surface area contributed by atoms with E-state index in [0.717, 1.165) is 27.5 Å². The summed E-state index contributed by atoms with van der Waals surface area (Å²) in [5.41, 5.74) is 4.29. The molecule has 0 aliphatic carbocycles. The van der Waals surface area contributed by atoms with Crippen LogP contribution in [0.1, 0.15) is 15.9 Å². The summed E-state index contributed by atoms with van der Waals surface area (Å²) in [6.45, 7) is 0.920. The van der Waals surface area contributed by atoms with E-state index >= 15 is 0 Å². The minimum atomic E-state index is -0.189. The molecule has 1 amide bonds. The number of nitrogens with one attached hydrogen (secondary N) is 2. The number of anilines is 1. The average molecular weight is 435 g/mol. The maximum atomic E-state index is 12.5. The number of benzene rings is 2. The van der Waals surface area contributed by atoms with Gasteiger partial charge in [0.2, 0.25) is 5.88 Å². The molecule has 0 atom stereocenters. The van der Waals surface area contributed by atoms with Crippen LogP contribution in [0, 0.1) is 0 Å². The van der Waals surface area contributed by atoms with Crippen molar-refractivity contribution >= 4 is 34.4 Å². The van der Waals surface area contributed by atoms with Gasteiger partial charge >= 0.3 is 0 Å². The van der Waals surface area contributed by atoms with Gasteiger partial charge in [0, 0.05) is 24.5 Å². The molecule has 4 rings (SSSR count). The summed E-state index contributed by atoms with van der Waals surface area (Å²) in [4.78, 5) is 24.5. The molecule has 4 aromatic rings. The summed E-state index contributed by atoms with van der Waals surface area (Å²) in [7, 11) is 1.61. The van der Waals surface area contributed by atoms with Crippen LogP contribution >= 0.6 is 11.8 Å². The van der Waals surface area contributed by atoms with E-state index < -0.39 is 0 Å². The van der Waals surface area contributed by atoms with Gasteiger partial charge in [0.25, 0.3) is 5.91 Å². The molecule has 0 spiro atoms. The number of carbonyl (C=O) groups excluding carboxylic acids is 1. The lowest BCUT2D eigenvalue weighted by Gasteiger charge is -2.08. The standard InChI is InChI=1S/C23H22N4O3S/c1-29-12-13-30-21-11-10-18(14-24-21)25-22(28)17-8-6-16(7-9-17)15-31-23-26-19-4-2-3-5-20(19)27-23/h2-11,14H,12-13,15H2,1H3,(H,25,28)(H,26,27). The van der Waals surface area contributed by atoms with Crippen LogP contribution in [0.4, 0.5) is 5.69 Å². The maximum absolute atomic E-state index is 12.5. The molecule has 2 heterocycles. The number of pyridine rings is 1. The Balaban J connectivity index is 1.30. The number of nitrogens with zero attached hydrogens (tertiary/aromatic N) is 2. The number of fused-ring (bicyclic) bond motifs is 1. The Hall–Kier alpha value is -3.36. The van der Waals surface area contributed by atoms with Gasteiger partial charge in [-0.3, -0.25) is 4.79 Å². The number of imidazole rings is 1. The van der Waals surface area contributed by atoms with Gasteiger partial charge in [-0.05, 0) is 35.9 Å². The number of para-hydroxylation sites is 2. The van der Waals surface area contributed by atoms with Crippen LogP contribution in [-0.4, -0.2) is 41.2 Å². The van der Waals surface area contributed by atoms with Gasteiger partial charge in [0.15, 0.2) is 5.16 Å². The van der Waals surface area contributed by atoms with Gasteiger partial charge < -0.3 is 19.8 Å². The predicted octanol–water partition coefficient (Wildman–Crippen LogP) is 4.53. The number of ether oxygens (including phenoxy) is 2. The zero-order valence-corrected chi connectivity index (χ0v) is 17.8. The molecule has 2 N–H and O–H groups in total. The normalized spacial score (nSPS) is 10.9. The second-order valence-electron chi connectivity index (χ2n) is 6.73. The molecule has 0 bridgehead atoms. The van der Waals surface area contributed by atoms with Gasteiger partial charge in [0.05, 0.1) is 29.5 Å². The molecule has 0 aliphatic rings. The van der Waals surface area contributed by atoms with Crippen molar-refractivity contribution in [2.75, 3.05) is 25.6 Å². The van der Waals surface area contributed by atoms with Gasteiger partial charge in [-0.25, -0.2) is 9.97 Å². The maximum Gasteiger partial charge on any atom is 0.255 e. The molecule has 0 saturated heterocycles. The number of rotatable bonds is 9. The van der Waals surface area contributed by atoms with Crippen molar-refractivity contribution in [3.8, 4) is 5.88 Å². The Morgan fingerprint density at radius 1 is 1.06 bits per heavy atom. The molecule has 0 saturated carbocycles. The number of carbonyl (C=O) groups is 1. The summed E-state index contributed by atoms with van der Waals surface area (Å²) in [5.74, 6) is 1.06. The summed E-state index contributed by atoms with van der Waals surface area (Å²) >= 11 is 1.63. The summed E-state index contributed by atoms with van der Waals surface area (Å²) in [5, 5.41) is 3.72. The fourth-order valence-corrected chi connectivity index (χ4v) is 3.72. The number of amides is 1. The van der Waals surface area contributed by atoms with E-state index in [0.29, 0.717) is 30.3 Å². The smallest absolute Gasteiger partial charge is 0.255 e. The lowest BCUT2D eigenvalue weighted by atomic mass is 10.1. The first-order chi connectivity index (χ1) is 15.2. The number of methoxy groups -OCH3 is 1. The van der Waals surface area contributed by atoms with E-state index in [9.17, 15) is 4.79 Å². The van der Waals surface area contributed by atoms with Gasteiger partial charge in [-0.1, -0.05) is 36.0 Å². The third kappa shape index (κ3) is 5.62. The van der Waals surface area contributed by atoms with E-state index in [2.05, 4.69) is 20.3 Å². The van der Waals surface area contributed by atoms with E-state index in [4.69, 9.17) is 9.47 Å². The average Bonchev–Trinajstić information content (AvgIpc) is 3.22. The van der Waals surface area contributed by atoms with Gasteiger partial charge in [-0.2, -0.15) is 0 Å². The first kappa shape index (κ1) is 20.9. The molecule has 2 aromatic carbocycles. The monoisotopic (exact) mass is 434 g/mol. The highest BCUT2D eigenvalue weighted by atomic mass is 32.2. The Morgan fingerprint density at radius 3 is 2.65 bits per heavy atom. The van der Waals surface area contributed by atoms with Gasteiger partial charge in [-0.15, -0.1) is 0 Å².